The minimum Gasteiger partial charge on any atom is -0.361 e. The number of benzene rings is 2. The summed E-state index contributed by atoms with van der Waals surface area (Å²) in [4.78, 5) is 23.1. The van der Waals surface area contributed by atoms with Gasteiger partial charge in [-0.05, 0) is 41.8 Å². The Bertz CT molecular complexity index is 1460. The molecule has 1 amide bonds. The zero-order valence-electron chi connectivity index (χ0n) is 17.6. The van der Waals surface area contributed by atoms with Gasteiger partial charge in [0.2, 0.25) is 0 Å². The lowest BCUT2D eigenvalue weighted by Crippen LogP contribution is -2.31. The SMILES string of the molecule is O=C1c2[nH]nc(-c3ccc(Br)cc3)c2C(c2cccnc2)N1CCc1c[nH]c2ccccc12. The molecule has 7 heteroatoms. The van der Waals surface area contributed by atoms with Crippen LogP contribution in [0.15, 0.2) is 83.7 Å². The number of fused-ring (bicyclic) bond motifs is 2. The van der Waals surface area contributed by atoms with E-state index in [-0.39, 0.29) is 11.9 Å². The van der Waals surface area contributed by atoms with Crippen LogP contribution in [0.3, 0.4) is 0 Å². The summed E-state index contributed by atoms with van der Waals surface area (Å²) < 4.78 is 0.999. The van der Waals surface area contributed by atoms with Crippen molar-refractivity contribution < 1.29 is 4.79 Å². The molecule has 2 N–H and O–H groups in total. The molecule has 0 aliphatic carbocycles. The number of aromatic nitrogens is 4. The van der Waals surface area contributed by atoms with Gasteiger partial charge < -0.3 is 9.88 Å². The van der Waals surface area contributed by atoms with Crippen molar-refractivity contribution in [1.82, 2.24) is 25.1 Å². The minimum atomic E-state index is -0.246. The van der Waals surface area contributed by atoms with Crippen LogP contribution in [0, 0.1) is 0 Å². The Kier molecular flexibility index (Phi) is 4.84. The van der Waals surface area contributed by atoms with Gasteiger partial charge in [-0.1, -0.05) is 52.3 Å². The van der Waals surface area contributed by atoms with Gasteiger partial charge in [0.05, 0.1) is 11.7 Å². The quantitative estimate of drug-likeness (QED) is 0.336. The molecule has 2 aromatic carbocycles. The Morgan fingerprint density at radius 1 is 1.03 bits per heavy atom. The van der Waals surface area contributed by atoms with E-state index >= 15 is 0 Å². The van der Waals surface area contributed by atoms with E-state index in [1.165, 1.54) is 10.9 Å². The van der Waals surface area contributed by atoms with Crippen molar-refractivity contribution in [2.24, 2.45) is 0 Å². The molecule has 4 heterocycles. The Labute approximate surface area is 198 Å². The zero-order valence-corrected chi connectivity index (χ0v) is 19.2. The Hall–Kier alpha value is -3.71. The lowest BCUT2D eigenvalue weighted by atomic mass is 9.97. The number of amides is 1. The van der Waals surface area contributed by atoms with Crippen LogP contribution in [0.25, 0.3) is 22.2 Å². The van der Waals surface area contributed by atoms with E-state index in [4.69, 9.17) is 0 Å². The average molecular weight is 498 g/mol. The normalized spacial score (nSPS) is 15.4. The first-order valence-corrected chi connectivity index (χ1v) is 11.6. The highest BCUT2D eigenvalue weighted by atomic mass is 79.9. The second-order valence-electron chi connectivity index (χ2n) is 8.16. The average Bonchev–Trinajstić information content (AvgIpc) is 3.53. The van der Waals surface area contributed by atoms with Crippen molar-refractivity contribution in [1.29, 1.82) is 0 Å². The van der Waals surface area contributed by atoms with Crippen LogP contribution in [-0.4, -0.2) is 37.5 Å². The van der Waals surface area contributed by atoms with Crippen molar-refractivity contribution in [2.45, 2.75) is 12.5 Å². The standard InChI is InChI=1S/C26H20BrN5O/c27-19-9-7-16(8-10-19)23-22-24(31-30-23)26(33)32(25(22)18-4-3-12-28-14-18)13-11-17-15-29-21-6-2-1-5-20(17)21/h1-10,12,14-15,25,29H,11,13H2,(H,30,31). The number of nitrogens with zero attached hydrogens (tertiary/aromatic N) is 3. The smallest absolute Gasteiger partial charge is 0.273 e. The van der Waals surface area contributed by atoms with E-state index in [0.29, 0.717) is 12.2 Å². The fourth-order valence-electron chi connectivity index (χ4n) is 4.72. The zero-order chi connectivity index (χ0) is 22.4. The van der Waals surface area contributed by atoms with E-state index in [2.05, 4.69) is 48.2 Å². The van der Waals surface area contributed by atoms with Crippen molar-refractivity contribution in [3.8, 4) is 11.3 Å². The number of para-hydroxylation sites is 1. The number of aromatic amines is 2. The maximum absolute atomic E-state index is 13.5. The van der Waals surface area contributed by atoms with Crippen LogP contribution >= 0.6 is 15.9 Å². The maximum atomic E-state index is 13.5. The van der Waals surface area contributed by atoms with Crippen LogP contribution in [0.5, 0.6) is 0 Å². The first-order valence-electron chi connectivity index (χ1n) is 10.8. The molecule has 0 saturated heterocycles. The minimum absolute atomic E-state index is 0.0328. The number of H-pyrrole nitrogens is 2. The summed E-state index contributed by atoms with van der Waals surface area (Å²) in [5.41, 5.74) is 6.52. The number of nitrogens with one attached hydrogen (secondary N) is 2. The number of pyridine rings is 1. The first kappa shape index (κ1) is 19.9. The summed E-state index contributed by atoms with van der Waals surface area (Å²) in [6, 6.07) is 19.9. The predicted molar refractivity (Wildman–Crippen MR) is 131 cm³/mol. The van der Waals surface area contributed by atoms with Crippen LogP contribution in [0.2, 0.25) is 0 Å². The third kappa shape index (κ3) is 3.36. The lowest BCUT2D eigenvalue weighted by molar-refractivity contribution is 0.0746. The van der Waals surface area contributed by atoms with Crippen molar-refractivity contribution in [2.75, 3.05) is 6.54 Å². The van der Waals surface area contributed by atoms with Crippen molar-refractivity contribution in [3.63, 3.8) is 0 Å². The van der Waals surface area contributed by atoms with Crippen LogP contribution in [-0.2, 0) is 6.42 Å². The Morgan fingerprint density at radius 2 is 1.88 bits per heavy atom. The largest absolute Gasteiger partial charge is 0.361 e. The third-order valence-corrected chi connectivity index (χ3v) is 6.81. The Balaban J connectivity index is 1.40. The number of halogens is 1. The van der Waals surface area contributed by atoms with Crippen LogP contribution in [0.1, 0.15) is 33.2 Å². The molecule has 1 aliphatic heterocycles. The second-order valence-corrected chi connectivity index (χ2v) is 9.08. The van der Waals surface area contributed by atoms with Gasteiger partial charge in [0.25, 0.3) is 5.91 Å². The number of rotatable bonds is 5. The molecule has 0 radical (unpaired) electrons. The molecular weight excluding hydrogens is 478 g/mol. The molecule has 1 atom stereocenters. The molecular formula is C26H20BrN5O. The lowest BCUT2D eigenvalue weighted by Gasteiger charge is -2.26. The summed E-state index contributed by atoms with van der Waals surface area (Å²) in [6.07, 6.45) is 6.38. The van der Waals surface area contributed by atoms with Gasteiger partial charge in [-0.15, -0.1) is 0 Å². The van der Waals surface area contributed by atoms with Gasteiger partial charge in [-0.3, -0.25) is 14.9 Å². The summed E-state index contributed by atoms with van der Waals surface area (Å²) in [7, 11) is 0. The molecule has 0 spiro atoms. The molecule has 0 bridgehead atoms. The third-order valence-electron chi connectivity index (χ3n) is 6.28. The summed E-state index contributed by atoms with van der Waals surface area (Å²) in [5, 5.41) is 8.75. The van der Waals surface area contributed by atoms with Gasteiger partial charge in [-0.25, -0.2) is 0 Å². The molecule has 33 heavy (non-hydrogen) atoms. The number of hydrogen-bond donors (Lipinski definition) is 2. The molecule has 6 rings (SSSR count). The van der Waals surface area contributed by atoms with Gasteiger partial charge in [0.1, 0.15) is 5.69 Å². The Morgan fingerprint density at radius 3 is 2.70 bits per heavy atom. The molecule has 0 fully saturated rings. The molecule has 162 valence electrons. The van der Waals surface area contributed by atoms with Gasteiger partial charge >= 0.3 is 0 Å². The highest BCUT2D eigenvalue weighted by Crippen LogP contribution is 2.42. The van der Waals surface area contributed by atoms with Crippen LogP contribution in [0.4, 0.5) is 0 Å². The van der Waals surface area contributed by atoms with Gasteiger partial charge in [0, 0.05) is 51.6 Å². The van der Waals surface area contributed by atoms with Gasteiger partial charge in [-0.2, -0.15) is 5.10 Å². The first-order chi connectivity index (χ1) is 16.2. The van der Waals surface area contributed by atoms with Crippen molar-refractivity contribution >= 4 is 32.7 Å². The highest BCUT2D eigenvalue weighted by Gasteiger charge is 2.42. The van der Waals surface area contributed by atoms with Gasteiger partial charge in [0.15, 0.2) is 0 Å². The number of carbonyl (C=O) groups excluding carboxylic acids is 1. The summed E-state index contributed by atoms with van der Waals surface area (Å²) in [5.74, 6) is -0.0328. The highest BCUT2D eigenvalue weighted by molar-refractivity contribution is 9.10. The van der Waals surface area contributed by atoms with E-state index in [9.17, 15) is 4.79 Å². The summed E-state index contributed by atoms with van der Waals surface area (Å²) in [6.45, 7) is 0.586. The molecule has 6 nitrogen and oxygen atoms in total. The topological polar surface area (TPSA) is 77.7 Å². The molecule has 3 aromatic heterocycles. The van der Waals surface area contributed by atoms with Crippen LogP contribution < -0.4 is 0 Å². The molecule has 1 unspecified atom stereocenters. The molecule has 1 aliphatic rings. The number of hydrogen-bond acceptors (Lipinski definition) is 3. The fourth-order valence-corrected chi connectivity index (χ4v) is 4.98. The van der Waals surface area contributed by atoms with E-state index in [1.54, 1.807) is 6.20 Å². The fraction of sp³-hybridized carbons (Fsp3) is 0.115. The second kappa shape index (κ2) is 8.01. The predicted octanol–water partition coefficient (Wildman–Crippen LogP) is 5.50. The summed E-state index contributed by atoms with van der Waals surface area (Å²) >= 11 is 3.49. The molecule has 0 saturated carbocycles. The monoisotopic (exact) mass is 497 g/mol. The number of carbonyl (C=O) groups is 1. The van der Waals surface area contributed by atoms with E-state index in [1.807, 2.05) is 65.8 Å². The molecule has 5 aromatic rings. The van der Waals surface area contributed by atoms with E-state index in [0.717, 1.165) is 38.8 Å². The van der Waals surface area contributed by atoms with E-state index < -0.39 is 0 Å². The maximum Gasteiger partial charge on any atom is 0.273 e. The van der Waals surface area contributed by atoms with Crippen molar-refractivity contribution in [3.05, 3.63) is 106 Å².